The first-order valence-electron chi connectivity index (χ1n) is 6.71. The molecule has 1 N–H and O–H groups in total. The molecule has 108 valence electrons. The highest BCUT2D eigenvalue weighted by atomic mass is 35.5. The van der Waals surface area contributed by atoms with Gasteiger partial charge in [-0.25, -0.2) is 9.97 Å². The summed E-state index contributed by atoms with van der Waals surface area (Å²) >= 11 is 6.04. The molecule has 0 unspecified atom stereocenters. The highest BCUT2D eigenvalue weighted by Gasteiger charge is 2.14. The summed E-state index contributed by atoms with van der Waals surface area (Å²) in [5.41, 5.74) is 3.19. The van der Waals surface area contributed by atoms with Gasteiger partial charge in [0.1, 0.15) is 11.3 Å². The van der Waals surface area contributed by atoms with Crippen molar-refractivity contribution in [1.29, 1.82) is 0 Å². The van der Waals surface area contributed by atoms with Crippen LogP contribution in [0.15, 0.2) is 30.6 Å². The predicted molar refractivity (Wildman–Crippen MR) is 81.6 cm³/mol. The van der Waals surface area contributed by atoms with Crippen molar-refractivity contribution in [2.24, 2.45) is 0 Å². The molecule has 0 saturated carbocycles. The molecule has 1 aromatic carbocycles. The predicted octanol–water partition coefficient (Wildman–Crippen LogP) is 3.36. The summed E-state index contributed by atoms with van der Waals surface area (Å²) in [7, 11) is 0. The van der Waals surface area contributed by atoms with Crippen molar-refractivity contribution >= 4 is 22.8 Å². The van der Waals surface area contributed by atoms with Crippen LogP contribution in [-0.2, 0) is 6.42 Å². The lowest BCUT2D eigenvalue weighted by atomic mass is 10.1. The smallest absolute Gasteiger partial charge is 0.224 e. The van der Waals surface area contributed by atoms with Crippen molar-refractivity contribution in [3.05, 3.63) is 47.1 Å². The molecule has 0 atom stereocenters. The second-order valence-corrected chi connectivity index (χ2v) is 5.54. The summed E-state index contributed by atoms with van der Waals surface area (Å²) in [6, 6.07) is 7.33. The van der Waals surface area contributed by atoms with Gasteiger partial charge in [0.15, 0.2) is 5.65 Å². The minimum atomic E-state index is 0.208. The number of benzene rings is 1. The first kappa shape index (κ1) is 13.8. The molecular formula is C15H15ClN4O. The summed E-state index contributed by atoms with van der Waals surface area (Å²) < 4.78 is 1.97. The van der Waals surface area contributed by atoms with Crippen LogP contribution in [-0.4, -0.2) is 24.6 Å². The van der Waals surface area contributed by atoms with Gasteiger partial charge in [-0.05, 0) is 43.1 Å². The Morgan fingerprint density at radius 1 is 1.29 bits per heavy atom. The fourth-order valence-corrected chi connectivity index (χ4v) is 2.49. The molecule has 0 spiro atoms. The van der Waals surface area contributed by atoms with E-state index in [2.05, 4.69) is 28.8 Å². The van der Waals surface area contributed by atoms with Crippen LogP contribution in [0.3, 0.4) is 0 Å². The number of rotatable bonds is 3. The lowest BCUT2D eigenvalue weighted by Crippen LogP contribution is -2.02. The summed E-state index contributed by atoms with van der Waals surface area (Å²) in [5.74, 6) is 0.233. The third-order valence-corrected chi connectivity index (χ3v) is 3.47. The normalized spacial score (nSPS) is 11.4. The topological polar surface area (TPSA) is 63.8 Å². The Labute approximate surface area is 127 Å². The van der Waals surface area contributed by atoms with Crippen molar-refractivity contribution in [3.63, 3.8) is 0 Å². The third-order valence-electron chi connectivity index (χ3n) is 3.30. The van der Waals surface area contributed by atoms with Crippen LogP contribution in [0.5, 0.6) is 5.75 Å². The Bertz CT molecular complexity index is 797. The van der Waals surface area contributed by atoms with Gasteiger partial charge in [-0.1, -0.05) is 12.1 Å². The van der Waals surface area contributed by atoms with E-state index in [1.54, 1.807) is 24.5 Å². The summed E-state index contributed by atoms with van der Waals surface area (Å²) in [4.78, 5) is 13.0. The van der Waals surface area contributed by atoms with Gasteiger partial charge in [-0.3, -0.25) is 0 Å². The number of fused-ring (bicyclic) bond motifs is 1. The second-order valence-electron chi connectivity index (χ2n) is 5.20. The number of hydrogen-bond acceptors (Lipinski definition) is 4. The fourth-order valence-electron chi connectivity index (χ4n) is 2.31. The van der Waals surface area contributed by atoms with Gasteiger partial charge in [0, 0.05) is 12.5 Å². The number of imidazole rings is 1. The van der Waals surface area contributed by atoms with Crippen LogP contribution < -0.4 is 0 Å². The second kappa shape index (κ2) is 5.33. The molecule has 0 saturated heterocycles. The van der Waals surface area contributed by atoms with Gasteiger partial charge in [0.25, 0.3) is 0 Å². The first-order valence-corrected chi connectivity index (χ1v) is 7.09. The van der Waals surface area contributed by atoms with Crippen LogP contribution in [0.25, 0.3) is 11.2 Å². The third kappa shape index (κ3) is 2.69. The number of halogens is 1. The molecule has 6 heteroatoms. The summed E-state index contributed by atoms with van der Waals surface area (Å²) in [6.45, 7) is 4.12. The zero-order valence-electron chi connectivity index (χ0n) is 11.8. The molecule has 0 amide bonds. The van der Waals surface area contributed by atoms with E-state index >= 15 is 0 Å². The number of phenolic OH excluding ortho intramolecular Hbond substituents is 1. The molecule has 0 bridgehead atoms. The van der Waals surface area contributed by atoms with Crippen LogP contribution in [0.4, 0.5) is 0 Å². The minimum absolute atomic E-state index is 0.208. The van der Waals surface area contributed by atoms with Gasteiger partial charge in [-0.15, -0.1) is 0 Å². The van der Waals surface area contributed by atoms with Gasteiger partial charge >= 0.3 is 0 Å². The first-order chi connectivity index (χ1) is 10.0. The number of hydrogen-bond donors (Lipinski definition) is 1. The minimum Gasteiger partial charge on any atom is -0.508 e. The lowest BCUT2D eigenvalue weighted by molar-refractivity contribution is 0.474. The Hall–Kier alpha value is -2.14. The molecule has 2 heterocycles. The van der Waals surface area contributed by atoms with E-state index in [1.165, 1.54) is 0 Å². The highest BCUT2D eigenvalue weighted by Crippen LogP contribution is 2.23. The maximum Gasteiger partial charge on any atom is 0.224 e. The molecule has 5 nitrogen and oxygen atoms in total. The van der Waals surface area contributed by atoms with Gasteiger partial charge in [0.05, 0.1) is 12.0 Å². The number of aromatic hydroxyl groups is 1. The summed E-state index contributed by atoms with van der Waals surface area (Å²) in [5, 5.41) is 9.77. The van der Waals surface area contributed by atoms with Crippen LogP contribution in [0, 0.1) is 0 Å². The van der Waals surface area contributed by atoms with E-state index in [0.29, 0.717) is 6.42 Å². The van der Waals surface area contributed by atoms with E-state index in [1.807, 2.05) is 10.6 Å². The van der Waals surface area contributed by atoms with E-state index in [-0.39, 0.29) is 17.1 Å². The van der Waals surface area contributed by atoms with Crippen molar-refractivity contribution in [2.45, 2.75) is 26.3 Å². The highest BCUT2D eigenvalue weighted by molar-refractivity contribution is 6.28. The molecular weight excluding hydrogens is 288 g/mol. The SMILES string of the molecule is CC(C)n1cnc2c(Cc3cccc(O)c3)nc(Cl)nc21. The van der Waals surface area contributed by atoms with Crippen LogP contribution in [0.1, 0.15) is 31.1 Å². The largest absolute Gasteiger partial charge is 0.508 e. The monoisotopic (exact) mass is 302 g/mol. The zero-order chi connectivity index (χ0) is 15.0. The molecule has 0 aliphatic rings. The van der Waals surface area contributed by atoms with Crippen molar-refractivity contribution < 1.29 is 5.11 Å². The number of nitrogens with zero attached hydrogens (tertiary/aromatic N) is 4. The molecule has 21 heavy (non-hydrogen) atoms. The number of phenols is 1. The van der Waals surface area contributed by atoms with E-state index in [9.17, 15) is 5.11 Å². The Kier molecular flexibility index (Phi) is 3.51. The quantitative estimate of drug-likeness (QED) is 0.754. The summed E-state index contributed by atoms with van der Waals surface area (Å²) in [6.07, 6.45) is 2.30. The Morgan fingerprint density at radius 2 is 2.10 bits per heavy atom. The molecule has 2 aromatic heterocycles. The fraction of sp³-hybridized carbons (Fsp3) is 0.267. The van der Waals surface area contributed by atoms with E-state index < -0.39 is 0 Å². The Balaban J connectivity index is 2.10. The maximum absolute atomic E-state index is 9.56. The molecule has 0 aliphatic carbocycles. The average Bonchev–Trinajstić information content (AvgIpc) is 2.82. The van der Waals surface area contributed by atoms with Gasteiger partial charge in [-0.2, -0.15) is 4.98 Å². The van der Waals surface area contributed by atoms with E-state index in [0.717, 1.165) is 22.4 Å². The van der Waals surface area contributed by atoms with Crippen molar-refractivity contribution in [2.75, 3.05) is 0 Å². The standard InChI is InChI=1S/C15H15ClN4O/c1-9(2)20-8-17-13-12(18-15(16)19-14(13)20)7-10-4-3-5-11(21)6-10/h3-6,8-9,21H,7H2,1-2H3. The number of aromatic nitrogens is 4. The molecule has 0 fully saturated rings. The molecule has 0 radical (unpaired) electrons. The zero-order valence-corrected chi connectivity index (χ0v) is 12.5. The molecule has 3 rings (SSSR count). The molecule has 3 aromatic rings. The van der Waals surface area contributed by atoms with Gasteiger partial charge < -0.3 is 9.67 Å². The van der Waals surface area contributed by atoms with Crippen molar-refractivity contribution in [1.82, 2.24) is 19.5 Å². The average molecular weight is 303 g/mol. The molecule has 0 aliphatic heterocycles. The van der Waals surface area contributed by atoms with Crippen LogP contribution in [0.2, 0.25) is 5.28 Å². The van der Waals surface area contributed by atoms with Crippen molar-refractivity contribution in [3.8, 4) is 5.75 Å². The van der Waals surface area contributed by atoms with Gasteiger partial charge in [0.2, 0.25) is 5.28 Å². The Morgan fingerprint density at radius 3 is 2.81 bits per heavy atom. The van der Waals surface area contributed by atoms with E-state index in [4.69, 9.17) is 11.6 Å². The maximum atomic E-state index is 9.56. The lowest BCUT2D eigenvalue weighted by Gasteiger charge is -2.08. The van der Waals surface area contributed by atoms with Crippen LogP contribution >= 0.6 is 11.6 Å².